The highest BCUT2D eigenvalue weighted by molar-refractivity contribution is 6.76. The fourth-order valence-electron chi connectivity index (χ4n) is 3.97. The van der Waals surface area contributed by atoms with Crippen molar-refractivity contribution < 1.29 is 14.6 Å². The molecular weight excluding hydrogens is 412 g/mol. The number of Topliss-reactive ketones (excluding diaryl/α,β-unsaturated/α-hetero) is 1. The molecule has 0 saturated carbocycles. The van der Waals surface area contributed by atoms with Crippen LogP contribution in [0.3, 0.4) is 0 Å². The minimum absolute atomic E-state index is 0.0284. The molecule has 0 saturated heterocycles. The number of ketones is 1. The summed E-state index contributed by atoms with van der Waals surface area (Å²) in [6.07, 6.45) is 13.0. The number of carbonyl (C=O) groups excluding carboxylic acids is 1. The van der Waals surface area contributed by atoms with Gasteiger partial charge in [-0.2, -0.15) is 0 Å². The molecule has 1 heterocycles. The number of carbonyl (C=O) groups is 1. The fraction of sp³-hybridized carbons (Fsp3) is 0.536. The molecule has 1 atom stereocenters. The van der Waals surface area contributed by atoms with Crippen molar-refractivity contribution in [1.82, 2.24) is 0 Å². The summed E-state index contributed by atoms with van der Waals surface area (Å²) in [5.74, 6) is 0.755. The molecule has 2 rings (SSSR count). The maximum Gasteiger partial charge on any atom is 0.166 e. The number of ether oxygens (including phenoxy) is 1. The second kappa shape index (κ2) is 10.7. The molecule has 4 heteroatoms. The lowest BCUT2D eigenvalue weighted by Gasteiger charge is -2.32. The molecule has 1 unspecified atom stereocenters. The minimum atomic E-state index is -1.32. The summed E-state index contributed by atoms with van der Waals surface area (Å²) in [7, 11) is -1.32. The van der Waals surface area contributed by atoms with Crippen molar-refractivity contribution in [1.29, 1.82) is 0 Å². The lowest BCUT2D eigenvalue weighted by atomic mass is 9.91. The third-order valence-electron chi connectivity index (χ3n) is 6.05. The molecule has 0 radical (unpaired) electrons. The maximum atomic E-state index is 12.9. The number of benzene rings is 1. The van der Waals surface area contributed by atoms with E-state index in [1.807, 2.05) is 25.1 Å². The van der Waals surface area contributed by atoms with E-state index in [0.29, 0.717) is 23.3 Å². The van der Waals surface area contributed by atoms with E-state index in [2.05, 4.69) is 59.5 Å². The van der Waals surface area contributed by atoms with Gasteiger partial charge in [-0.15, -0.1) is 0 Å². The van der Waals surface area contributed by atoms with Gasteiger partial charge in [0.25, 0.3) is 0 Å². The van der Waals surface area contributed by atoms with Crippen LogP contribution in [-0.2, 0) is 0 Å². The van der Waals surface area contributed by atoms with Gasteiger partial charge in [0.1, 0.15) is 17.1 Å². The molecule has 1 aromatic carbocycles. The quantitative estimate of drug-likeness (QED) is 0.220. The molecule has 0 fully saturated rings. The van der Waals surface area contributed by atoms with Gasteiger partial charge in [0.15, 0.2) is 5.78 Å². The van der Waals surface area contributed by atoms with Crippen LogP contribution >= 0.6 is 0 Å². The van der Waals surface area contributed by atoms with Crippen molar-refractivity contribution in [3.8, 4) is 11.5 Å². The van der Waals surface area contributed by atoms with Gasteiger partial charge in [-0.25, -0.2) is 0 Å². The van der Waals surface area contributed by atoms with E-state index in [4.69, 9.17) is 4.74 Å². The number of rotatable bonds is 10. The van der Waals surface area contributed by atoms with Gasteiger partial charge >= 0.3 is 0 Å². The SMILES string of the molecule is CC(C)=CCC/C(C)=C/CCC1(C)C=Cc2c(cc(C)c(C(=O)CC[Si](C)(C)C)c2O)O1. The standard InChI is InChI=1S/C28H42O3Si/c1-20(2)11-9-12-21(3)13-10-16-28(5)17-14-23-25(31-28)19-22(4)26(27(23)30)24(29)15-18-32(6,7)8/h11,13-14,17,19,30H,9-10,12,15-16,18H2,1-8H3/b21-13+. The lowest BCUT2D eigenvalue weighted by molar-refractivity contribution is 0.0984. The predicted molar refractivity (Wildman–Crippen MR) is 140 cm³/mol. The third-order valence-corrected chi connectivity index (χ3v) is 7.80. The van der Waals surface area contributed by atoms with E-state index in [1.54, 1.807) is 0 Å². The molecule has 0 bridgehead atoms. The predicted octanol–water partition coefficient (Wildman–Crippen LogP) is 8.25. The zero-order chi connectivity index (χ0) is 24.1. The number of phenolic OH excluding ortho intramolecular Hbond substituents is 1. The summed E-state index contributed by atoms with van der Waals surface area (Å²) < 4.78 is 6.33. The third kappa shape index (κ3) is 7.51. The van der Waals surface area contributed by atoms with Crippen LogP contribution in [0.5, 0.6) is 11.5 Å². The van der Waals surface area contributed by atoms with Crippen LogP contribution in [0.25, 0.3) is 6.08 Å². The molecule has 0 aromatic heterocycles. The zero-order valence-corrected chi connectivity index (χ0v) is 22.4. The van der Waals surface area contributed by atoms with Crippen LogP contribution in [0.15, 0.2) is 35.4 Å². The Bertz CT molecular complexity index is 927. The second-order valence-corrected chi connectivity index (χ2v) is 16.6. The second-order valence-electron chi connectivity index (χ2n) is 11.0. The van der Waals surface area contributed by atoms with Crippen LogP contribution in [0.1, 0.15) is 81.3 Å². The Hall–Kier alpha value is -2.07. The van der Waals surface area contributed by atoms with E-state index in [1.165, 1.54) is 11.1 Å². The Morgan fingerprint density at radius 1 is 1.12 bits per heavy atom. The molecule has 0 aliphatic carbocycles. The first-order chi connectivity index (χ1) is 14.8. The number of hydrogen-bond donors (Lipinski definition) is 1. The summed E-state index contributed by atoms with van der Waals surface area (Å²) in [5, 5.41) is 10.9. The van der Waals surface area contributed by atoms with Crippen molar-refractivity contribution in [3.05, 3.63) is 52.1 Å². The highest BCUT2D eigenvalue weighted by Gasteiger charge is 2.30. The van der Waals surface area contributed by atoms with Crippen molar-refractivity contribution in [2.75, 3.05) is 0 Å². The van der Waals surface area contributed by atoms with Crippen LogP contribution in [0.4, 0.5) is 0 Å². The largest absolute Gasteiger partial charge is 0.506 e. The van der Waals surface area contributed by atoms with E-state index in [-0.39, 0.29) is 11.5 Å². The summed E-state index contributed by atoms with van der Waals surface area (Å²) in [6.45, 7) is 17.2. The van der Waals surface area contributed by atoms with E-state index in [0.717, 1.165) is 37.3 Å². The molecule has 1 aliphatic rings. The first-order valence-electron chi connectivity index (χ1n) is 11.9. The molecule has 3 nitrogen and oxygen atoms in total. The van der Waals surface area contributed by atoms with Crippen molar-refractivity contribution in [3.63, 3.8) is 0 Å². The van der Waals surface area contributed by atoms with Crippen LogP contribution in [-0.4, -0.2) is 24.6 Å². The van der Waals surface area contributed by atoms with Gasteiger partial charge in [0.2, 0.25) is 0 Å². The highest BCUT2D eigenvalue weighted by atomic mass is 28.3. The van der Waals surface area contributed by atoms with Gasteiger partial charge < -0.3 is 9.84 Å². The Balaban J connectivity index is 2.10. The average Bonchev–Trinajstić information content (AvgIpc) is 2.65. The van der Waals surface area contributed by atoms with E-state index < -0.39 is 13.7 Å². The van der Waals surface area contributed by atoms with Gasteiger partial charge in [0, 0.05) is 14.5 Å². The van der Waals surface area contributed by atoms with E-state index >= 15 is 0 Å². The molecule has 0 amide bonds. The summed E-state index contributed by atoms with van der Waals surface area (Å²) in [5.41, 5.74) is 4.21. The molecular formula is C28H42O3Si. The topological polar surface area (TPSA) is 46.5 Å². The van der Waals surface area contributed by atoms with Gasteiger partial charge in [-0.3, -0.25) is 4.79 Å². The first-order valence-corrected chi connectivity index (χ1v) is 15.6. The monoisotopic (exact) mass is 454 g/mol. The molecule has 32 heavy (non-hydrogen) atoms. The molecule has 1 aromatic rings. The lowest BCUT2D eigenvalue weighted by Crippen LogP contribution is -2.32. The molecule has 1 N–H and O–H groups in total. The Morgan fingerprint density at radius 2 is 1.81 bits per heavy atom. The molecule has 1 aliphatic heterocycles. The first kappa shape index (κ1) is 26.2. The Kier molecular flexibility index (Phi) is 8.75. The smallest absolute Gasteiger partial charge is 0.166 e. The fourth-order valence-corrected chi connectivity index (χ4v) is 4.95. The van der Waals surface area contributed by atoms with Crippen LogP contribution < -0.4 is 4.74 Å². The van der Waals surface area contributed by atoms with Gasteiger partial charge in [-0.05, 0) is 84.1 Å². The van der Waals surface area contributed by atoms with Crippen LogP contribution in [0.2, 0.25) is 25.7 Å². The highest BCUT2D eigenvalue weighted by Crippen LogP contribution is 2.42. The number of aryl methyl sites for hydroxylation is 1. The maximum absolute atomic E-state index is 12.9. The van der Waals surface area contributed by atoms with Crippen molar-refractivity contribution in [2.24, 2.45) is 0 Å². The van der Waals surface area contributed by atoms with Crippen molar-refractivity contribution >= 4 is 19.9 Å². The van der Waals surface area contributed by atoms with Gasteiger partial charge in [0.05, 0.1) is 11.1 Å². The van der Waals surface area contributed by atoms with Crippen molar-refractivity contribution in [2.45, 2.75) is 98.0 Å². The van der Waals surface area contributed by atoms with Gasteiger partial charge in [-0.1, -0.05) is 49.0 Å². The summed E-state index contributed by atoms with van der Waals surface area (Å²) >= 11 is 0. The number of phenols is 1. The molecule has 176 valence electrons. The zero-order valence-electron chi connectivity index (χ0n) is 21.4. The summed E-state index contributed by atoms with van der Waals surface area (Å²) in [4.78, 5) is 12.9. The number of hydrogen-bond acceptors (Lipinski definition) is 3. The van der Waals surface area contributed by atoms with Crippen LogP contribution in [0, 0.1) is 6.92 Å². The Morgan fingerprint density at radius 3 is 2.44 bits per heavy atom. The average molecular weight is 455 g/mol. The number of fused-ring (bicyclic) bond motifs is 1. The summed E-state index contributed by atoms with van der Waals surface area (Å²) in [6, 6.07) is 2.84. The Labute approximate surface area is 196 Å². The number of allylic oxidation sites excluding steroid dienone is 4. The number of aromatic hydroxyl groups is 1. The minimum Gasteiger partial charge on any atom is -0.506 e. The molecule has 0 spiro atoms. The normalized spacial score (nSPS) is 18.2. The van der Waals surface area contributed by atoms with E-state index in [9.17, 15) is 9.90 Å².